The van der Waals surface area contributed by atoms with Gasteiger partial charge in [0.05, 0.1) is 16.9 Å². The molecule has 1 unspecified atom stereocenters. The van der Waals surface area contributed by atoms with E-state index in [2.05, 4.69) is 9.71 Å². The molecule has 27 heavy (non-hydrogen) atoms. The minimum Gasteiger partial charge on any atom is -0.598 e. The molecule has 1 aliphatic carbocycles. The molecule has 2 aromatic rings. The molecule has 0 radical (unpaired) electrons. The van der Waals surface area contributed by atoms with Gasteiger partial charge in [-0.1, -0.05) is 6.07 Å². The number of hydrogen-bond acceptors (Lipinski definition) is 4. The zero-order chi connectivity index (χ0) is 20.1. The minimum absolute atomic E-state index is 0.195. The molecule has 3 rings (SSSR count). The Morgan fingerprint density at radius 3 is 2.52 bits per heavy atom. The largest absolute Gasteiger partial charge is 0.598 e. The number of alkyl halides is 1. The first kappa shape index (κ1) is 20.3. The van der Waals surface area contributed by atoms with Crippen LogP contribution < -0.4 is 10.3 Å². The summed E-state index contributed by atoms with van der Waals surface area (Å²) in [6.07, 6.45) is 1.58. The van der Waals surface area contributed by atoms with Crippen LogP contribution in [0.5, 0.6) is 0 Å². The van der Waals surface area contributed by atoms with E-state index in [-0.39, 0.29) is 17.4 Å². The summed E-state index contributed by atoms with van der Waals surface area (Å²) in [7, 11) is 1.59. The van der Waals surface area contributed by atoms with E-state index in [1.54, 1.807) is 13.1 Å². The third-order valence-electron chi connectivity index (χ3n) is 5.21. The lowest BCUT2D eigenvalue weighted by Crippen LogP contribution is -2.41. The van der Waals surface area contributed by atoms with Gasteiger partial charge in [-0.2, -0.15) is 0 Å². The Balaban J connectivity index is 2.16. The van der Waals surface area contributed by atoms with Crippen LogP contribution in [0.1, 0.15) is 70.0 Å². The summed E-state index contributed by atoms with van der Waals surface area (Å²) in [5.74, 6) is 0.195. The van der Waals surface area contributed by atoms with Crippen molar-refractivity contribution in [3.05, 3.63) is 39.4 Å². The summed E-state index contributed by atoms with van der Waals surface area (Å²) in [6, 6.07) is 3.43. The average molecular weight is 394 g/mol. The van der Waals surface area contributed by atoms with Crippen LogP contribution in [0.15, 0.2) is 16.9 Å². The van der Waals surface area contributed by atoms with E-state index in [4.69, 9.17) is 0 Å². The minimum atomic E-state index is -1.53. The summed E-state index contributed by atoms with van der Waals surface area (Å²) in [5, 5.41) is 0.467. The van der Waals surface area contributed by atoms with E-state index >= 15 is 4.39 Å². The summed E-state index contributed by atoms with van der Waals surface area (Å²) < 4.78 is 31.7. The highest BCUT2D eigenvalue weighted by molar-refractivity contribution is 7.90. The number of aryl methyl sites for hydroxylation is 1. The third-order valence-corrected chi connectivity index (χ3v) is 6.89. The number of aromatic nitrogens is 2. The molecule has 0 aliphatic heterocycles. The fourth-order valence-corrected chi connectivity index (χ4v) is 4.20. The Labute approximate surface area is 162 Å². The summed E-state index contributed by atoms with van der Waals surface area (Å²) >= 11 is -1.28. The van der Waals surface area contributed by atoms with Gasteiger partial charge in [0.15, 0.2) is 5.67 Å². The van der Waals surface area contributed by atoms with Gasteiger partial charge in [-0.3, -0.25) is 9.36 Å². The molecule has 148 valence electrons. The van der Waals surface area contributed by atoms with E-state index in [1.807, 2.05) is 40.7 Å². The Bertz CT molecular complexity index is 931. The highest BCUT2D eigenvalue weighted by atomic mass is 32.2. The Morgan fingerprint density at radius 1 is 1.37 bits per heavy atom. The van der Waals surface area contributed by atoms with Crippen LogP contribution in [0.3, 0.4) is 0 Å². The highest BCUT2D eigenvalue weighted by Gasteiger charge is 2.43. The standard InChI is InChI=1S/C20H28FN3O2S/c1-12-10-14(13(2)23-27(26)19(3,4)5)16-15(11-12)17(25)24(6)18(22-16)20(21)8-7-9-20/h10-11,13,23H,7-9H2,1-6H3/t13?,27-/m1/s1. The summed E-state index contributed by atoms with van der Waals surface area (Å²) in [4.78, 5) is 17.5. The molecule has 1 fully saturated rings. The molecule has 1 aromatic carbocycles. The van der Waals surface area contributed by atoms with E-state index in [0.717, 1.165) is 17.5 Å². The maximum absolute atomic E-state index is 15.1. The van der Waals surface area contributed by atoms with Crippen LogP contribution in [-0.2, 0) is 24.1 Å². The van der Waals surface area contributed by atoms with Crippen LogP contribution in [0, 0.1) is 6.92 Å². The number of rotatable bonds is 4. The van der Waals surface area contributed by atoms with Crippen molar-refractivity contribution < 1.29 is 8.94 Å². The molecule has 7 heteroatoms. The van der Waals surface area contributed by atoms with Gasteiger partial charge in [-0.15, -0.1) is 4.72 Å². The highest BCUT2D eigenvalue weighted by Crippen LogP contribution is 2.44. The number of halogens is 1. The van der Waals surface area contributed by atoms with Gasteiger partial charge in [0.1, 0.15) is 10.6 Å². The van der Waals surface area contributed by atoms with Crippen molar-refractivity contribution >= 4 is 22.3 Å². The normalized spacial score (nSPS) is 19.0. The number of hydrogen-bond donors (Lipinski definition) is 1. The molecular weight excluding hydrogens is 365 g/mol. The summed E-state index contributed by atoms with van der Waals surface area (Å²) in [6.45, 7) is 9.49. The van der Waals surface area contributed by atoms with Crippen molar-refractivity contribution in [3.63, 3.8) is 0 Å². The molecule has 1 aromatic heterocycles. The SMILES string of the molecule is Cc1cc(C(C)N[S@+]([O-])C(C)(C)C)c2nc(C3(F)CCC3)n(C)c(=O)c2c1. The lowest BCUT2D eigenvalue weighted by atomic mass is 9.81. The van der Waals surface area contributed by atoms with E-state index < -0.39 is 21.8 Å². The molecule has 2 atom stereocenters. The first-order chi connectivity index (χ1) is 12.4. The Morgan fingerprint density at radius 2 is 2.00 bits per heavy atom. The quantitative estimate of drug-likeness (QED) is 0.804. The zero-order valence-corrected chi connectivity index (χ0v) is 17.7. The van der Waals surface area contributed by atoms with Crippen LogP contribution in [-0.4, -0.2) is 18.9 Å². The van der Waals surface area contributed by atoms with E-state index in [0.29, 0.717) is 23.7 Å². The molecule has 0 spiro atoms. The van der Waals surface area contributed by atoms with Crippen molar-refractivity contribution in [2.45, 2.75) is 70.3 Å². The van der Waals surface area contributed by atoms with Crippen molar-refractivity contribution in [1.82, 2.24) is 14.3 Å². The van der Waals surface area contributed by atoms with Gasteiger partial charge in [-0.05, 0) is 65.5 Å². The van der Waals surface area contributed by atoms with Gasteiger partial charge >= 0.3 is 0 Å². The molecular formula is C20H28FN3O2S. The second-order valence-corrected chi connectivity index (χ2v) is 10.6. The lowest BCUT2D eigenvalue weighted by molar-refractivity contribution is 0.0465. The van der Waals surface area contributed by atoms with E-state index in [1.165, 1.54) is 4.57 Å². The average Bonchev–Trinajstić information content (AvgIpc) is 2.54. The number of nitrogens with zero attached hydrogens (tertiary/aromatic N) is 2. The second-order valence-electron chi connectivity index (χ2n) is 8.59. The van der Waals surface area contributed by atoms with Crippen LogP contribution in [0.4, 0.5) is 4.39 Å². The van der Waals surface area contributed by atoms with E-state index in [9.17, 15) is 9.35 Å². The van der Waals surface area contributed by atoms with Gasteiger partial charge in [0.25, 0.3) is 5.56 Å². The molecule has 1 heterocycles. The van der Waals surface area contributed by atoms with Crippen molar-refractivity contribution in [3.8, 4) is 0 Å². The first-order valence-electron chi connectivity index (χ1n) is 9.33. The number of fused-ring (bicyclic) bond motifs is 1. The number of benzene rings is 1. The van der Waals surface area contributed by atoms with Crippen molar-refractivity contribution in [1.29, 1.82) is 0 Å². The maximum atomic E-state index is 15.1. The number of nitrogens with one attached hydrogen (secondary N) is 1. The Hall–Kier alpha value is -1.44. The van der Waals surface area contributed by atoms with Crippen molar-refractivity contribution in [2.75, 3.05) is 0 Å². The molecule has 1 N–H and O–H groups in total. The first-order valence-corrected chi connectivity index (χ1v) is 10.5. The fraction of sp³-hybridized carbons (Fsp3) is 0.600. The van der Waals surface area contributed by atoms with Gasteiger partial charge < -0.3 is 4.55 Å². The van der Waals surface area contributed by atoms with Gasteiger partial charge in [0.2, 0.25) is 0 Å². The monoisotopic (exact) mass is 393 g/mol. The topological polar surface area (TPSA) is 70.0 Å². The third kappa shape index (κ3) is 3.65. The summed E-state index contributed by atoms with van der Waals surface area (Å²) in [5.41, 5.74) is 0.402. The fourth-order valence-electron chi connectivity index (χ4n) is 3.39. The maximum Gasteiger partial charge on any atom is 0.261 e. The molecule has 1 saturated carbocycles. The van der Waals surface area contributed by atoms with Crippen LogP contribution in [0.25, 0.3) is 10.9 Å². The lowest BCUT2D eigenvalue weighted by Gasteiger charge is -2.34. The molecule has 0 amide bonds. The predicted molar refractivity (Wildman–Crippen MR) is 108 cm³/mol. The second kappa shape index (κ2) is 6.87. The molecule has 0 saturated heterocycles. The van der Waals surface area contributed by atoms with Gasteiger partial charge in [0, 0.05) is 24.0 Å². The zero-order valence-electron chi connectivity index (χ0n) is 16.9. The Kier molecular flexibility index (Phi) is 5.16. The molecule has 5 nitrogen and oxygen atoms in total. The van der Waals surface area contributed by atoms with Crippen LogP contribution in [0.2, 0.25) is 0 Å². The van der Waals surface area contributed by atoms with Crippen molar-refractivity contribution in [2.24, 2.45) is 7.05 Å². The van der Waals surface area contributed by atoms with Gasteiger partial charge in [-0.25, -0.2) is 9.37 Å². The predicted octanol–water partition coefficient (Wildman–Crippen LogP) is 3.70. The smallest absolute Gasteiger partial charge is 0.261 e. The molecule has 1 aliphatic rings. The van der Waals surface area contributed by atoms with Crippen LogP contribution >= 0.6 is 0 Å². The molecule has 0 bridgehead atoms.